The molecule has 1 aromatic heterocycles. The third-order valence-electron chi connectivity index (χ3n) is 5.79. The minimum atomic E-state index is -0.419. The number of halogens is 1. The first-order valence-corrected chi connectivity index (χ1v) is 11.3. The summed E-state index contributed by atoms with van der Waals surface area (Å²) in [5, 5.41) is 10.6. The van der Waals surface area contributed by atoms with Gasteiger partial charge in [-0.25, -0.2) is 0 Å². The molecule has 1 aromatic carbocycles. The zero-order chi connectivity index (χ0) is 21.6. The van der Waals surface area contributed by atoms with Crippen LogP contribution in [0.5, 0.6) is 0 Å². The number of para-hydroxylation sites is 1. The molecule has 2 aromatic rings. The summed E-state index contributed by atoms with van der Waals surface area (Å²) in [5.74, 6) is 0.0129. The highest BCUT2D eigenvalue weighted by molar-refractivity contribution is 7.12. The molecule has 4 nitrogen and oxygen atoms in total. The summed E-state index contributed by atoms with van der Waals surface area (Å²) < 4.78 is 0. The number of ketones is 1. The first kappa shape index (κ1) is 20.7. The maximum Gasteiger partial charge on any atom is 0.162 e. The molecule has 0 fully saturated rings. The van der Waals surface area contributed by atoms with Crippen LogP contribution in [0, 0.1) is 16.7 Å². The number of Topliss-reactive ketones (excluding diaryl/α,β-unsaturated/α-hetero) is 1. The van der Waals surface area contributed by atoms with Gasteiger partial charge in [0.2, 0.25) is 0 Å². The van der Waals surface area contributed by atoms with Gasteiger partial charge in [-0.3, -0.25) is 9.69 Å². The zero-order valence-corrected chi connectivity index (χ0v) is 18.9. The number of carbonyl (C=O) groups excluding carboxylic acids is 1. The summed E-state index contributed by atoms with van der Waals surface area (Å²) >= 11 is 8.17. The second-order valence-electron chi connectivity index (χ2n) is 8.59. The Labute approximate surface area is 186 Å². The molecule has 1 aliphatic heterocycles. The summed E-state index contributed by atoms with van der Waals surface area (Å²) in [6.45, 7) is 6.28. The Morgan fingerprint density at radius 1 is 1.27 bits per heavy atom. The second-order valence-corrected chi connectivity index (χ2v) is 10.2. The van der Waals surface area contributed by atoms with E-state index in [2.05, 4.69) is 32.9 Å². The Kier molecular flexibility index (Phi) is 5.25. The van der Waals surface area contributed by atoms with Gasteiger partial charge in [0.15, 0.2) is 5.78 Å². The summed E-state index contributed by atoms with van der Waals surface area (Å²) in [6.07, 6.45) is 2.04. The lowest BCUT2D eigenvalue weighted by atomic mass is 9.69. The lowest BCUT2D eigenvalue weighted by Gasteiger charge is -2.43. The number of aryl methyl sites for hydroxylation is 1. The largest absolute Gasteiger partial charge is 0.384 e. The van der Waals surface area contributed by atoms with E-state index in [1.54, 1.807) is 17.4 Å². The van der Waals surface area contributed by atoms with E-state index < -0.39 is 5.92 Å². The summed E-state index contributed by atoms with van der Waals surface area (Å²) in [6, 6.07) is 13.8. The van der Waals surface area contributed by atoms with Crippen LogP contribution >= 0.6 is 22.9 Å². The predicted molar refractivity (Wildman–Crippen MR) is 122 cm³/mol. The van der Waals surface area contributed by atoms with Crippen LogP contribution in [0.4, 0.5) is 5.69 Å². The molecule has 154 valence electrons. The summed E-state index contributed by atoms with van der Waals surface area (Å²) in [4.78, 5) is 17.5. The van der Waals surface area contributed by atoms with Gasteiger partial charge in [-0.1, -0.05) is 44.5 Å². The molecule has 2 heterocycles. The van der Waals surface area contributed by atoms with Gasteiger partial charge in [0.05, 0.1) is 28.3 Å². The molecule has 0 amide bonds. The molecule has 2 N–H and O–H groups in total. The maximum atomic E-state index is 13.4. The molecule has 0 radical (unpaired) electrons. The molecular weight excluding hydrogens is 414 g/mol. The summed E-state index contributed by atoms with van der Waals surface area (Å²) in [7, 11) is 0. The number of nitriles is 1. The third-order valence-corrected chi connectivity index (χ3v) is 7.40. The van der Waals surface area contributed by atoms with Crippen LogP contribution < -0.4 is 10.6 Å². The molecule has 0 saturated heterocycles. The molecule has 6 heteroatoms. The van der Waals surface area contributed by atoms with Crippen LogP contribution in [0.15, 0.2) is 59.1 Å². The molecule has 0 saturated carbocycles. The first-order valence-electron chi connectivity index (χ1n) is 10.1. The topological polar surface area (TPSA) is 70.1 Å². The normalized spacial score (nSPS) is 21.0. The number of nitrogens with zero attached hydrogens (tertiary/aromatic N) is 2. The molecule has 1 aliphatic carbocycles. The van der Waals surface area contributed by atoms with E-state index in [1.807, 2.05) is 29.2 Å². The SMILES string of the molecule is CCc1ccc([C@H]2C(C#N)=C(N)N(c3ccccc3Cl)C3=C2C(=O)CC(C)(C)C3)s1. The van der Waals surface area contributed by atoms with Crippen molar-refractivity contribution in [3.8, 4) is 6.07 Å². The number of benzene rings is 1. The van der Waals surface area contributed by atoms with E-state index in [0.717, 1.165) is 17.0 Å². The van der Waals surface area contributed by atoms with Gasteiger partial charge in [-0.15, -0.1) is 11.3 Å². The highest BCUT2D eigenvalue weighted by Gasteiger charge is 2.45. The smallest absolute Gasteiger partial charge is 0.162 e. The Hall–Kier alpha value is -2.55. The predicted octanol–water partition coefficient (Wildman–Crippen LogP) is 5.90. The standard InChI is InChI=1S/C24H24ClN3OS/c1-4-14-9-10-20(30-14)21-15(13-26)23(27)28(17-8-6-5-7-16(17)25)18-11-24(2,3)12-19(29)22(18)21/h5-10,21H,4,11-12,27H2,1-3H3/t21-/m1/s1. The lowest BCUT2D eigenvalue weighted by Crippen LogP contribution is -2.42. The molecule has 2 aliphatic rings. The lowest BCUT2D eigenvalue weighted by molar-refractivity contribution is -0.118. The summed E-state index contributed by atoms with van der Waals surface area (Å²) in [5.41, 5.74) is 9.07. The average molecular weight is 438 g/mol. The third kappa shape index (κ3) is 3.34. The monoisotopic (exact) mass is 437 g/mol. The highest BCUT2D eigenvalue weighted by Crippen LogP contribution is 2.51. The van der Waals surface area contributed by atoms with Crippen LogP contribution in [0.25, 0.3) is 0 Å². The fourth-order valence-electron chi connectivity index (χ4n) is 4.44. The Bertz CT molecular complexity index is 1140. The van der Waals surface area contributed by atoms with Crippen LogP contribution in [0.2, 0.25) is 5.02 Å². The number of hydrogen-bond acceptors (Lipinski definition) is 5. The van der Waals surface area contributed by atoms with Crippen molar-refractivity contribution in [1.82, 2.24) is 0 Å². The van der Waals surface area contributed by atoms with Gasteiger partial charge < -0.3 is 5.73 Å². The van der Waals surface area contributed by atoms with Crippen LogP contribution in [0.3, 0.4) is 0 Å². The van der Waals surface area contributed by atoms with Crippen molar-refractivity contribution in [3.63, 3.8) is 0 Å². The quantitative estimate of drug-likeness (QED) is 0.648. The van der Waals surface area contributed by atoms with Crippen molar-refractivity contribution in [1.29, 1.82) is 5.26 Å². The number of anilines is 1. The first-order chi connectivity index (χ1) is 14.3. The molecule has 1 atom stereocenters. The van der Waals surface area contributed by atoms with Gasteiger partial charge in [0, 0.05) is 27.4 Å². The molecule has 0 spiro atoms. The van der Waals surface area contributed by atoms with Crippen LogP contribution in [-0.4, -0.2) is 5.78 Å². The van der Waals surface area contributed by atoms with Gasteiger partial charge >= 0.3 is 0 Å². The molecule has 0 unspecified atom stereocenters. The number of allylic oxidation sites excluding steroid dienone is 3. The Morgan fingerprint density at radius 3 is 2.63 bits per heavy atom. The van der Waals surface area contributed by atoms with Crippen molar-refractivity contribution in [3.05, 3.63) is 73.8 Å². The van der Waals surface area contributed by atoms with Crippen molar-refractivity contribution in [2.24, 2.45) is 11.1 Å². The van der Waals surface area contributed by atoms with Crippen molar-refractivity contribution >= 4 is 34.4 Å². The minimum absolute atomic E-state index is 0.0787. The van der Waals surface area contributed by atoms with Crippen molar-refractivity contribution in [2.75, 3.05) is 4.90 Å². The van der Waals surface area contributed by atoms with E-state index in [4.69, 9.17) is 17.3 Å². The molecule has 30 heavy (non-hydrogen) atoms. The van der Waals surface area contributed by atoms with Gasteiger partial charge in [0.1, 0.15) is 5.82 Å². The highest BCUT2D eigenvalue weighted by atomic mass is 35.5. The molecule has 4 rings (SSSR count). The number of hydrogen-bond donors (Lipinski definition) is 1. The Balaban J connectivity index is 2.00. The Morgan fingerprint density at radius 2 is 2.00 bits per heavy atom. The fourth-order valence-corrected chi connectivity index (χ4v) is 5.73. The van der Waals surface area contributed by atoms with Crippen LogP contribution in [0.1, 0.15) is 49.3 Å². The zero-order valence-electron chi connectivity index (χ0n) is 17.3. The van der Waals surface area contributed by atoms with Crippen molar-refractivity contribution in [2.45, 2.75) is 46.0 Å². The minimum Gasteiger partial charge on any atom is -0.384 e. The number of carbonyl (C=O) groups is 1. The van der Waals surface area contributed by atoms with E-state index >= 15 is 0 Å². The second kappa shape index (κ2) is 7.61. The van der Waals surface area contributed by atoms with Crippen LogP contribution in [-0.2, 0) is 11.2 Å². The van der Waals surface area contributed by atoms with E-state index in [9.17, 15) is 10.1 Å². The molecule has 0 bridgehead atoms. The fraction of sp³-hybridized carbons (Fsp3) is 0.333. The van der Waals surface area contributed by atoms with Gasteiger partial charge in [0.25, 0.3) is 0 Å². The maximum absolute atomic E-state index is 13.4. The number of thiophene rings is 1. The van der Waals surface area contributed by atoms with E-state index in [1.165, 1.54) is 4.88 Å². The van der Waals surface area contributed by atoms with Gasteiger partial charge in [-0.2, -0.15) is 5.26 Å². The van der Waals surface area contributed by atoms with E-state index in [0.29, 0.717) is 40.5 Å². The number of rotatable bonds is 3. The molecular formula is C24H24ClN3OS. The average Bonchev–Trinajstić information content (AvgIpc) is 3.16. The van der Waals surface area contributed by atoms with E-state index in [-0.39, 0.29) is 11.2 Å². The van der Waals surface area contributed by atoms with Gasteiger partial charge in [-0.05, 0) is 42.5 Å². The number of nitrogens with two attached hydrogens (primary N) is 1. The van der Waals surface area contributed by atoms with Crippen molar-refractivity contribution < 1.29 is 4.79 Å².